The molecule has 0 heterocycles. The molecule has 0 aromatic heterocycles. The maximum atomic E-state index is 11.5. The number of benzene rings is 1. The van der Waals surface area contributed by atoms with Crippen LogP contribution in [-0.2, 0) is 12.8 Å². The van der Waals surface area contributed by atoms with Crippen LogP contribution in [0.25, 0.3) is 0 Å². The van der Waals surface area contributed by atoms with Gasteiger partial charge in [-0.25, -0.2) is 0 Å². The Morgan fingerprint density at radius 3 is 2.08 bits per heavy atom. The molecule has 1 aromatic rings. The number of hydrogen-bond acceptors (Lipinski definition) is 5. The Bertz CT molecular complexity index is 504. The molecule has 0 saturated heterocycles. The van der Waals surface area contributed by atoms with Crippen molar-refractivity contribution in [3.8, 4) is 0 Å². The third-order valence-electron chi connectivity index (χ3n) is 4.79. The van der Waals surface area contributed by atoms with Gasteiger partial charge in [0.25, 0.3) is 5.24 Å². The maximum absolute atomic E-state index is 11.5. The van der Waals surface area contributed by atoms with Crippen LogP contribution in [-0.4, -0.2) is 34.2 Å². The van der Waals surface area contributed by atoms with E-state index in [2.05, 4.69) is 48.2 Å². The van der Waals surface area contributed by atoms with E-state index >= 15 is 0 Å². The number of aryl methyl sites for hydroxylation is 2. The Labute approximate surface area is 167 Å². The highest BCUT2D eigenvalue weighted by Gasteiger charge is 2.30. The summed E-state index contributed by atoms with van der Waals surface area (Å²) in [6.07, 6.45) is 10.1. The molecule has 148 valence electrons. The molecule has 0 fully saturated rings. The van der Waals surface area contributed by atoms with E-state index in [9.17, 15) is 15.0 Å². The van der Waals surface area contributed by atoms with Crippen molar-refractivity contribution in [3.63, 3.8) is 0 Å². The summed E-state index contributed by atoms with van der Waals surface area (Å²) in [5, 5.41) is 21.5. The molecule has 26 heavy (non-hydrogen) atoms. The quantitative estimate of drug-likeness (QED) is 0.223. The maximum Gasteiger partial charge on any atom is 0.290 e. The SMILES string of the molecule is CCCCCCCCc1ccc(CCC(CO)(CO)NC(=O)SS)cc1. The van der Waals surface area contributed by atoms with Gasteiger partial charge in [0.05, 0.1) is 18.8 Å². The van der Waals surface area contributed by atoms with Gasteiger partial charge in [0.15, 0.2) is 0 Å². The smallest absolute Gasteiger partial charge is 0.290 e. The summed E-state index contributed by atoms with van der Waals surface area (Å²) in [4.78, 5) is 11.5. The molecule has 0 saturated carbocycles. The fraction of sp³-hybridized carbons (Fsp3) is 0.650. The van der Waals surface area contributed by atoms with Crippen molar-refractivity contribution in [3.05, 3.63) is 35.4 Å². The van der Waals surface area contributed by atoms with Gasteiger partial charge < -0.3 is 15.5 Å². The molecule has 1 amide bonds. The Kier molecular flexibility index (Phi) is 12.1. The zero-order valence-corrected chi connectivity index (χ0v) is 17.5. The fourth-order valence-electron chi connectivity index (χ4n) is 2.95. The van der Waals surface area contributed by atoms with Crippen LogP contribution in [0, 0.1) is 0 Å². The molecule has 0 aliphatic rings. The number of unbranched alkanes of at least 4 members (excludes halogenated alkanes) is 5. The van der Waals surface area contributed by atoms with Gasteiger partial charge in [-0.15, -0.1) is 11.7 Å². The number of rotatable bonds is 13. The van der Waals surface area contributed by atoms with Crippen molar-refractivity contribution in [2.75, 3.05) is 13.2 Å². The van der Waals surface area contributed by atoms with Gasteiger partial charge in [-0.05, 0) is 36.8 Å². The minimum Gasteiger partial charge on any atom is -0.394 e. The van der Waals surface area contributed by atoms with Gasteiger partial charge >= 0.3 is 0 Å². The van der Waals surface area contributed by atoms with E-state index in [1.165, 1.54) is 44.1 Å². The topological polar surface area (TPSA) is 69.6 Å². The molecule has 1 aromatic carbocycles. The standard InChI is InChI=1S/C20H33NO3S2/c1-2-3-4-5-6-7-8-17-9-11-18(12-10-17)13-14-20(15-22,16-23)21-19(24)26-25/h9-12,22-23,25H,2-8,13-16H2,1H3,(H,21,24). The van der Waals surface area contributed by atoms with E-state index in [0.29, 0.717) is 12.8 Å². The van der Waals surface area contributed by atoms with E-state index in [4.69, 9.17) is 0 Å². The lowest BCUT2D eigenvalue weighted by Crippen LogP contribution is -2.53. The van der Waals surface area contributed by atoms with Crippen molar-refractivity contribution in [1.82, 2.24) is 5.32 Å². The number of thiol groups is 1. The number of nitrogens with one attached hydrogen (secondary N) is 1. The molecule has 0 aliphatic carbocycles. The number of carbonyl (C=O) groups excluding carboxylic acids is 1. The summed E-state index contributed by atoms with van der Waals surface area (Å²) in [6, 6.07) is 8.51. The van der Waals surface area contributed by atoms with Crippen molar-refractivity contribution in [2.45, 2.75) is 70.3 Å². The largest absolute Gasteiger partial charge is 0.394 e. The molecule has 1 rings (SSSR count). The van der Waals surface area contributed by atoms with Gasteiger partial charge in [-0.1, -0.05) is 63.3 Å². The Balaban J connectivity index is 2.44. The number of aliphatic hydroxyl groups excluding tert-OH is 2. The van der Waals surface area contributed by atoms with Crippen molar-refractivity contribution in [2.24, 2.45) is 0 Å². The van der Waals surface area contributed by atoms with E-state index in [0.717, 1.165) is 22.8 Å². The third kappa shape index (κ3) is 8.80. The zero-order valence-electron chi connectivity index (χ0n) is 15.7. The first-order valence-electron chi connectivity index (χ1n) is 9.52. The lowest BCUT2D eigenvalue weighted by atomic mass is 9.92. The fourth-order valence-corrected chi connectivity index (χ4v) is 3.35. The Morgan fingerprint density at radius 2 is 1.54 bits per heavy atom. The molecule has 0 radical (unpaired) electrons. The average Bonchev–Trinajstić information content (AvgIpc) is 2.68. The Hall–Kier alpha value is -0.690. The van der Waals surface area contributed by atoms with Gasteiger partial charge in [-0.3, -0.25) is 4.79 Å². The first kappa shape index (κ1) is 23.3. The van der Waals surface area contributed by atoms with Crippen LogP contribution in [0.3, 0.4) is 0 Å². The summed E-state index contributed by atoms with van der Waals surface area (Å²) in [5.74, 6) is 0. The molecule has 0 aliphatic heterocycles. The molecule has 3 N–H and O–H groups in total. The molecule has 0 bridgehead atoms. The van der Waals surface area contributed by atoms with E-state index < -0.39 is 5.54 Å². The lowest BCUT2D eigenvalue weighted by Gasteiger charge is -2.30. The van der Waals surface area contributed by atoms with Gasteiger partial charge in [0.1, 0.15) is 0 Å². The molecule has 0 spiro atoms. The highest BCUT2D eigenvalue weighted by molar-refractivity contribution is 8.74. The first-order chi connectivity index (χ1) is 12.6. The van der Waals surface area contributed by atoms with Gasteiger partial charge in [0, 0.05) is 10.8 Å². The number of carbonyl (C=O) groups is 1. The second-order valence-corrected chi connectivity index (χ2v) is 8.04. The van der Waals surface area contributed by atoms with Gasteiger partial charge in [-0.2, -0.15) is 0 Å². The molecule has 6 heteroatoms. The van der Waals surface area contributed by atoms with Crippen LogP contribution in [0.4, 0.5) is 4.79 Å². The molecule has 0 atom stereocenters. The predicted molar refractivity (Wildman–Crippen MR) is 114 cm³/mol. The second-order valence-electron chi connectivity index (χ2n) is 6.93. The summed E-state index contributed by atoms with van der Waals surface area (Å²) in [5.41, 5.74) is 1.47. The van der Waals surface area contributed by atoms with E-state index in [-0.39, 0.29) is 18.5 Å². The van der Waals surface area contributed by atoms with Crippen molar-refractivity contribution < 1.29 is 15.0 Å². The average molecular weight is 400 g/mol. The molecule has 0 unspecified atom stereocenters. The Morgan fingerprint density at radius 1 is 1.00 bits per heavy atom. The lowest BCUT2D eigenvalue weighted by molar-refractivity contribution is 0.0939. The van der Waals surface area contributed by atoms with Crippen LogP contribution in [0.1, 0.15) is 63.0 Å². The van der Waals surface area contributed by atoms with Crippen molar-refractivity contribution >= 4 is 27.7 Å². The van der Waals surface area contributed by atoms with Crippen LogP contribution in [0.15, 0.2) is 24.3 Å². The predicted octanol–water partition coefficient (Wildman–Crippen LogP) is 4.53. The van der Waals surface area contributed by atoms with Crippen molar-refractivity contribution in [1.29, 1.82) is 0 Å². The van der Waals surface area contributed by atoms with Crippen LogP contribution >= 0.6 is 22.5 Å². The highest BCUT2D eigenvalue weighted by Crippen LogP contribution is 2.18. The minimum atomic E-state index is -1.01. The normalized spacial score (nSPS) is 11.5. The van der Waals surface area contributed by atoms with Crippen LogP contribution in [0.2, 0.25) is 0 Å². The summed E-state index contributed by atoms with van der Waals surface area (Å²) >= 11 is 3.85. The van der Waals surface area contributed by atoms with Crippen LogP contribution < -0.4 is 5.32 Å². The minimum absolute atomic E-state index is 0.306. The summed E-state index contributed by atoms with van der Waals surface area (Å²) in [6.45, 7) is 1.62. The van der Waals surface area contributed by atoms with Crippen LogP contribution in [0.5, 0.6) is 0 Å². The first-order valence-corrected chi connectivity index (χ1v) is 11.4. The highest BCUT2D eigenvalue weighted by atomic mass is 33.1. The zero-order chi connectivity index (χ0) is 19.3. The third-order valence-corrected chi connectivity index (χ3v) is 5.56. The monoisotopic (exact) mass is 399 g/mol. The summed E-state index contributed by atoms with van der Waals surface area (Å²) in [7, 11) is 0.742. The second kappa shape index (κ2) is 13.5. The molecular weight excluding hydrogens is 366 g/mol. The summed E-state index contributed by atoms with van der Waals surface area (Å²) < 4.78 is 0. The molecule has 4 nitrogen and oxygen atoms in total. The molecular formula is C20H33NO3S2. The number of hydrogen-bond donors (Lipinski definition) is 4. The van der Waals surface area contributed by atoms with E-state index in [1.54, 1.807) is 0 Å². The van der Waals surface area contributed by atoms with E-state index in [1.807, 2.05) is 0 Å². The number of amides is 1. The van der Waals surface area contributed by atoms with Gasteiger partial charge in [0.2, 0.25) is 0 Å². The number of aliphatic hydroxyl groups is 2.